The first-order valence-electron chi connectivity index (χ1n) is 9.48. The van der Waals surface area contributed by atoms with Crippen molar-refractivity contribution in [2.24, 2.45) is 5.92 Å². The van der Waals surface area contributed by atoms with Gasteiger partial charge in [-0.15, -0.1) is 5.10 Å². The quantitative estimate of drug-likeness (QED) is 0.611. The summed E-state index contributed by atoms with van der Waals surface area (Å²) in [6, 6.07) is 8.41. The van der Waals surface area contributed by atoms with E-state index in [0.717, 1.165) is 29.4 Å². The van der Waals surface area contributed by atoms with E-state index in [-0.39, 0.29) is 11.7 Å². The van der Waals surface area contributed by atoms with Crippen molar-refractivity contribution in [2.75, 3.05) is 5.75 Å². The Morgan fingerprint density at radius 2 is 2.11 bits per heavy atom. The number of ketones is 1. The fraction of sp³-hybridized carbons (Fsp3) is 0.429. The third-order valence-corrected chi connectivity index (χ3v) is 5.87. The highest BCUT2D eigenvalue weighted by atomic mass is 32.2. The summed E-state index contributed by atoms with van der Waals surface area (Å²) in [4.78, 5) is 22.0. The molecule has 5 nitrogen and oxygen atoms in total. The van der Waals surface area contributed by atoms with Crippen LogP contribution >= 0.6 is 11.8 Å². The Kier molecular flexibility index (Phi) is 5.00. The number of carbonyl (C=O) groups excluding carboxylic acids is 1. The van der Waals surface area contributed by atoms with Crippen molar-refractivity contribution in [3.8, 4) is 0 Å². The van der Waals surface area contributed by atoms with Gasteiger partial charge in [0, 0.05) is 18.4 Å². The van der Waals surface area contributed by atoms with Crippen molar-refractivity contribution < 1.29 is 4.79 Å². The van der Waals surface area contributed by atoms with Crippen molar-refractivity contribution in [3.63, 3.8) is 0 Å². The van der Waals surface area contributed by atoms with E-state index in [1.54, 1.807) is 16.3 Å². The number of nitrogens with zero attached hydrogens (tertiary/aromatic N) is 4. The summed E-state index contributed by atoms with van der Waals surface area (Å²) in [5, 5.41) is 5.22. The average Bonchev–Trinajstić information content (AvgIpc) is 3.01. The van der Waals surface area contributed by atoms with Crippen LogP contribution in [0, 0.1) is 12.8 Å². The Morgan fingerprint density at radius 3 is 2.89 bits per heavy atom. The minimum absolute atomic E-state index is 0.140. The molecule has 0 saturated heterocycles. The molecule has 0 radical (unpaired) electrons. The molecule has 3 aromatic rings. The van der Waals surface area contributed by atoms with E-state index >= 15 is 0 Å². The van der Waals surface area contributed by atoms with Crippen LogP contribution in [-0.4, -0.2) is 31.1 Å². The summed E-state index contributed by atoms with van der Waals surface area (Å²) in [5.41, 5.74) is 3.96. The van der Waals surface area contributed by atoms with Gasteiger partial charge in [-0.2, -0.15) is 4.98 Å². The van der Waals surface area contributed by atoms with Crippen LogP contribution in [0.2, 0.25) is 0 Å². The SMILES string of the molecule is Cc1cccc([C@H]2CC(=O)c3cn4nc(SCCC(C)C)nc4nc3C2)c1. The highest BCUT2D eigenvalue weighted by Crippen LogP contribution is 2.32. The van der Waals surface area contributed by atoms with Crippen LogP contribution in [0.25, 0.3) is 5.78 Å². The van der Waals surface area contributed by atoms with Gasteiger partial charge in [0.15, 0.2) is 5.78 Å². The number of carbonyl (C=O) groups is 1. The molecule has 140 valence electrons. The van der Waals surface area contributed by atoms with Gasteiger partial charge in [-0.05, 0) is 37.2 Å². The average molecular weight is 381 g/mol. The fourth-order valence-corrected chi connectivity index (χ4v) is 4.53. The van der Waals surface area contributed by atoms with Crippen molar-refractivity contribution >= 4 is 23.3 Å². The van der Waals surface area contributed by atoms with E-state index in [2.05, 4.69) is 60.1 Å². The van der Waals surface area contributed by atoms with Crippen LogP contribution in [0.15, 0.2) is 35.6 Å². The molecule has 2 heterocycles. The molecule has 0 amide bonds. The smallest absolute Gasteiger partial charge is 0.253 e. The first-order valence-corrected chi connectivity index (χ1v) is 10.5. The predicted molar refractivity (Wildman–Crippen MR) is 108 cm³/mol. The van der Waals surface area contributed by atoms with Gasteiger partial charge in [0.25, 0.3) is 5.78 Å². The molecule has 1 aromatic carbocycles. The molecular weight excluding hydrogens is 356 g/mol. The van der Waals surface area contributed by atoms with Crippen molar-refractivity contribution in [2.45, 2.75) is 51.1 Å². The summed E-state index contributed by atoms with van der Waals surface area (Å²) in [5.74, 6) is 2.56. The summed E-state index contributed by atoms with van der Waals surface area (Å²) in [7, 11) is 0. The number of benzene rings is 1. The zero-order valence-electron chi connectivity index (χ0n) is 16.0. The van der Waals surface area contributed by atoms with Gasteiger partial charge in [-0.3, -0.25) is 4.79 Å². The maximum absolute atomic E-state index is 12.7. The highest BCUT2D eigenvalue weighted by molar-refractivity contribution is 7.99. The molecule has 0 aliphatic heterocycles. The third-order valence-electron chi connectivity index (χ3n) is 5.00. The van der Waals surface area contributed by atoms with Crippen LogP contribution in [0.4, 0.5) is 0 Å². The second-order valence-corrected chi connectivity index (χ2v) is 8.78. The van der Waals surface area contributed by atoms with E-state index in [4.69, 9.17) is 0 Å². The van der Waals surface area contributed by atoms with Crippen molar-refractivity contribution in [3.05, 3.63) is 52.8 Å². The molecule has 1 aliphatic rings. The lowest BCUT2D eigenvalue weighted by Crippen LogP contribution is -2.21. The van der Waals surface area contributed by atoms with Gasteiger partial charge >= 0.3 is 0 Å². The Morgan fingerprint density at radius 1 is 1.26 bits per heavy atom. The van der Waals surface area contributed by atoms with Gasteiger partial charge in [-0.25, -0.2) is 9.50 Å². The monoisotopic (exact) mass is 380 g/mol. The first kappa shape index (κ1) is 18.2. The van der Waals surface area contributed by atoms with Gasteiger partial charge in [0.1, 0.15) is 0 Å². The number of rotatable bonds is 5. The number of fused-ring (bicyclic) bond motifs is 2. The Balaban J connectivity index is 1.61. The van der Waals surface area contributed by atoms with Crippen LogP contribution in [0.1, 0.15) is 59.8 Å². The molecule has 0 spiro atoms. The molecule has 27 heavy (non-hydrogen) atoms. The number of aryl methyl sites for hydroxylation is 1. The molecule has 6 heteroatoms. The van der Waals surface area contributed by atoms with Crippen LogP contribution < -0.4 is 0 Å². The maximum Gasteiger partial charge on any atom is 0.253 e. The van der Waals surface area contributed by atoms with Crippen molar-refractivity contribution in [1.82, 2.24) is 19.6 Å². The zero-order valence-corrected chi connectivity index (χ0v) is 16.8. The van der Waals surface area contributed by atoms with E-state index in [9.17, 15) is 4.79 Å². The van der Waals surface area contributed by atoms with Gasteiger partial charge in [0.05, 0.1) is 11.3 Å². The molecule has 0 unspecified atom stereocenters. The molecule has 4 rings (SSSR count). The number of thioether (sulfide) groups is 1. The standard InChI is InChI=1S/C21H24N4OS/c1-13(2)7-8-27-21-23-20-22-18-10-16(15-6-4-5-14(3)9-15)11-19(26)17(18)12-25(20)24-21/h4-6,9,12-13,16H,7-8,10-11H2,1-3H3/t16-/m1/s1. The van der Waals surface area contributed by atoms with Crippen LogP contribution in [-0.2, 0) is 6.42 Å². The van der Waals surface area contributed by atoms with Crippen molar-refractivity contribution in [1.29, 1.82) is 0 Å². The van der Waals surface area contributed by atoms with Gasteiger partial charge < -0.3 is 0 Å². The number of Topliss-reactive ketones (excluding diaryl/α,β-unsaturated/α-hetero) is 1. The molecule has 0 saturated carbocycles. The number of aromatic nitrogens is 4. The summed E-state index contributed by atoms with van der Waals surface area (Å²) < 4.78 is 1.65. The minimum Gasteiger partial charge on any atom is -0.294 e. The molecule has 1 aliphatic carbocycles. The third kappa shape index (κ3) is 3.90. The van der Waals surface area contributed by atoms with E-state index in [0.29, 0.717) is 23.7 Å². The van der Waals surface area contributed by atoms with E-state index in [1.807, 2.05) is 6.20 Å². The maximum atomic E-state index is 12.7. The number of hydrogen-bond acceptors (Lipinski definition) is 5. The van der Waals surface area contributed by atoms with Gasteiger partial charge in [-0.1, -0.05) is 55.4 Å². The largest absolute Gasteiger partial charge is 0.294 e. The molecule has 2 aromatic heterocycles. The Bertz CT molecular complexity index is 995. The van der Waals surface area contributed by atoms with E-state index < -0.39 is 0 Å². The minimum atomic E-state index is 0.140. The van der Waals surface area contributed by atoms with Crippen LogP contribution in [0.5, 0.6) is 0 Å². The lowest BCUT2D eigenvalue weighted by atomic mass is 9.82. The lowest BCUT2D eigenvalue weighted by molar-refractivity contribution is 0.0962. The first-order chi connectivity index (χ1) is 13.0. The highest BCUT2D eigenvalue weighted by Gasteiger charge is 2.28. The Labute approximate surface area is 163 Å². The molecule has 0 fully saturated rings. The summed E-state index contributed by atoms with van der Waals surface area (Å²) in [6.07, 6.45) is 4.23. The second-order valence-electron chi connectivity index (χ2n) is 7.71. The molecule has 1 atom stereocenters. The normalized spacial score (nSPS) is 16.9. The summed E-state index contributed by atoms with van der Waals surface area (Å²) >= 11 is 1.65. The topological polar surface area (TPSA) is 60.2 Å². The van der Waals surface area contributed by atoms with E-state index in [1.165, 1.54) is 11.1 Å². The summed E-state index contributed by atoms with van der Waals surface area (Å²) in [6.45, 7) is 6.51. The van der Waals surface area contributed by atoms with Crippen LogP contribution in [0.3, 0.4) is 0 Å². The zero-order chi connectivity index (χ0) is 19.0. The number of hydrogen-bond donors (Lipinski definition) is 0. The molecular formula is C21H24N4OS. The van der Waals surface area contributed by atoms with Gasteiger partial charge in [0.2, 0.25) is 5.16 Å². The fourth-order valence-electron chi connectivity index (χ4n) is 3.47. The molecule has 0 N–H and O–H groups in total. The molecule has 0 bridgehead atoms. The lowest BCUT2D eigenvalue weighted by Gasteiger charge is -2.23. The second kappa shape index (κ2) is 7.43. The predicted octanol–water partition coefficient (Wildman–Crippen LogP) is 4.48. The Hall–Kier alpha value is -2.21.